The standard InChI is InChI=1S/C69H83FN6O15/c1-10-34-73(5)65(83)53(36-45-21-14-12-15-22-45)71-60(78)42-74(6)66(84)54(37-46-23-16-13-17-24-46)72-64(82)56(38-47-28-31-50(77)32-29-47)75(7)61(79)43-89-51-26-20-25-49(39-51)57(33-30-48-40-58(87-8)59(88-9)41-52(48)70)91-68(86)55-27-18-19-35-76(55)67(85)63(81)69(3,4)44-90-62(80)11-2/h11-17,20-26,28-29,31-32,39-41,53-57,77H,2,10,18-19,27,30,33-38,42-44H2,1,3-9H3,(H,71,78)(H,72,82)/t53-,54-,55+,56+,57-/m1/s1. The summed E-state index contributed by atoms with van der Waals surface area (Å²) in [7, 11) is 7.25. The minimum Gasteiger partial charge on any atom is -0.508 e. The number of nitrogens with zero attached hydrogens (tertiary/aromatic N) is 4. The molecule has 1 aliphatic rings. The molecule has 6 rings (SSSR count). The molecular formula is C69H83FN6O15. The van der Waals surface area contributed by atoms with Crippen LogP contribution in [0.15, 0.2) is 134 Å². The van der Waals surface area contributed by atoms with Crippen LogP contribution >= 0.6 is 0 Å². The van der Waals surface area contributed by atoms with Gasteiger partial charge in [0.05, 0.1) is 26.2 Å². The first-order chi connectivity index (χ1) is 43.5. The second-order valence-corrected chi connectivity index (χ2v) is 23.1. The number of carbonyl (C=O) groups excluding carboxylic acids is 9. The number of nitrogens with one attached hydrogen (secondary N) is 2. The maximum absolute atomic E-state index is 15.7. The SMILES string of the molecule is C=CC(=O)OCC(C)(C)C(=O)C(=O)N1CCCC[C@H]1C(=O)O[C@H](CCc1cc(OC)c(OC)cc1F)c1cccc(OCC(=O)N(C)[C@@H](Cc2ccc(O)cc2)C(=O)N[C@H](Cc2ccccc2)C(=O)N(C)CC(=O)N[C@H](Cc2ccccc2)C(=O)N(C)CCC)c1. The van der Waals surface area contributed by atoms with Gasteiger partial charge in [0, 0.05) is 65.6 Å². The molecule has 0 aromatic heterocycles. The monoisotopic (exact) mass is 1250 g/mol. The van der Waals surface area contributed by atoms with Crippen LogP contribution < -0.4 is 24.8 Å². The number of phenols is 1. The lowest BCUT2D eigenvalue weighted by atomic mass is 9.87. The lowest BCUT2D eigenvalue weighted by Crippen LogP contribution is -2.57. The van der Waals surface area contributed by atoms with Crippen LogP contribution in [-0.2, 0) is 78.3 Å². The second kappa shape index (κ2) is 33.8. The summed E-state index contributed by atoms with van der Waals surface area (Å²) in [6.07, 6.45) is 1.72. The molecule has 0 unspecified atom stereocenters. The Morgan fingerprint density at radius 2 is 1.36 bits per heavy atom. The number of ether oxygens (including phenoxy) is 5. The van der Waals surface area contributed by atoms with Gasteiger partial charge in [-0.1, -0.05) is 98.4 Å². The molecule has 5 aromatic rings. The summed E-state index contributed by atoms with van der Waals surface area (Å²) in [5.74, 6) is -6.55. The Bertz CT molecular complexity index is 3350. The van der Waals surface area contributed by atoms with Crippen molar-refractivity contribution in [3.63, 3.8) is 0 Å². The number of phenolic OH excluding ortho intramolecular Hbond substituents is 1. The third-order valence-corrected chi connectivity index (χ3v) is 15.7. The van der Waals surface area contributed by atoms with Gasteiger partial charge in [-0.05, 0) is 111 Å². The zero-order chi connectivity index (χ0) is 66.4. The van der Waals surface area contributed by atoms with Crippen molar-refractivity contribution in [1.82, 2.24) is 30.2 Å². The molecule has 0 aliphatic carbocycles. The zero-order valence-electron chi connectivity index (χ0n) is 52.9. The van der Waals surface area contributed by atoms with Crippen molar-refractivity contribution < 1.29 is 76.3 Å². The van der Waals surface area contributed by atoms with Gasteiger partial charge < -0.3 is 59.0 Å². The Balaban J connectivity index is 1.23. The number of aromatic hydroxyl groups is 1. The van der Waals surface area contributed by atoms with Crippen molar-refractivity contribution in [2.45, 2.75) is 109 Å². The highest BCUT2D eigenvalue weighted by molar-refractivity contribution is 6.38. The molecule has 0 spiro atoms. The van der Waals surface area contributed by atoms with Crippen LogP contribution in [0.2, 0.25) is 0 Å². The van der Waals surface area contributed by atoms with Gasteiger partial charge in [-0.3, -0.25) is 33.6 Å². The van der Waals surface area contributed by atoms with E-state index in [0.717, 1.165) is 16.5 Å². The summed E-state index contributed by atoms with van der Waals surface area (Å²) >= 11 is 0. The number of likely N-dealkylation sites (N-methyl/N-ethyl adjacent to an activating group) is 3. The van der Waals surface area contributed by atoms with E-state index >= 15 is 4.39 Å². The van der Waals surface area contributed by atoms with Crippen LogP contribution in [0.1, 0.15) is 86.8 Å². The lowest BCUT2D eigenvalue weighted by molar-refractivity contribution is -0.165. The van der Waals surface area contributed by atoms with Gasteiger partial charge in [0.2, 0.25) is 29.4 Å². The summed E-state index contributed by atoms with van der Waals surface area (Å²) in [6, 6.07) is 28.4. The summed E-state index contributed by atoms with van der Waals surface area (Å²) < 4.78 is 43.8. The number of carbonyl (C=O) groups is 9. The van der Waals surface area contributed by atoms with E-state index in [4.69, 9.17) is 23.7 Å². The average Bonchev–Trinajstić information content (AvgIpc) is 1.19. The number of ketones is 1. The Morgan fingerprint density at radius 1 is 0.758 bits per heavy atom. The lowest BCUT2D eigenvalue weighted by Gasteiger charge is -2.36. The molecule has 1 saturated heterocycles. The number of methoxy groups -OCH3 is 2. The number of aryl methyl sites for hydroxylation is 1. The van der Waals surface area contributed by atoms with E-state index in [9.17, 15) is 48.3 Å². The summed E-state index contributed by atoms with van der Waals surface area (Å²) in [6.45, 7) is 7.18. The second-order valence-electron chi connectivity index (χ2n) is 23.1. The van der Waals surface area contributed by atoms with Gasteiger partial charge in [0.1, 0.15) is 54.2 Å². The zero-order valence-corrected chi connectivity index (χ0v) is 52.9. The molecule has 21 nitrogen and oxygen atoms in total. The predicted octanol–water partition coefficient (Wildman–Crippen LogP) is 6.70. The van der Waals surface area contributed by atoms with Crippen molar-refractivity contribution in [2.24, 2.45) is 5.41 Å². The van der Waals surface area contributed by atoms with Gasteiger partial charge in [-0.2, -0.15) is 0 Å². The quantitative estimate of drug-likeness (QED) is 0.0230. The maximum atomic E-state index is 15.7. The first-order valence-corrected chi connectivity index (χ1v) is 30.2. The Kier molecular flexibility index (Phi) is 26.2. The first kappa shape index (κ1) is 70.5. The molecule has 1 fully saturated rings. The average molecular weight is 1260 g/mol. The molecule has 6 amide bonds. The number of Topliss-reactive ketones (excluding diaryl/α,β-unsaturated/α-hetero) is 1. The fourth-order valence-electron chi connectivity index (χ4n) is 10.5. The van der Waals surface area contributed by atoms with E-state index in [1.807, 2.05) is 37.3 Å². The van der Waals surface area contributed by atoms with Gasteiger partial charge in [-0.15, -0.1) is 0 Å². The smallest absolute Gasteiger partial charge is 0.330 e. The fourth-order valence-corrected chi connectivity index (χ4v) is 10.5. The number of piperidine rings is 1. The number of hydrogen-bond acceptors (Lipinski definition) is 15. The van der Waals surface area contributed by atoms with Crippen molar-refractivity contribution in [3.05, 3.63) is 168 Å². The minimum absolute atomic E-state index is 0.00913. The van der Waals surface area contributed by atoms with Crippen LogP contribution in [0.3, 0.4) is 0 Å². The molecule has 1 aliphatic heterocycles. The highest BCUT2D eigenvalue weighted by Crippen LogP contribution is 2.34. The number of likely N-dealkylation sites (tertiary alicyclic amines) is 1. The molecule has 0 saturated carbocycles. The van der Waals surface area contributed by atoms with Gasteiger partial charge >= 0.3 is 11.9 Å². The number of hydrogen-bond donors (Lipinski definition) is 3. The Labute approximate surface area is 530 Å². The number of rotatable bonds is 32. The molecule has 1 heterocycles. The number of halogens is 1. The third kappa shape index (κ3) is 20.2. The molecular weight excluding hydrogens is 1170 g/mol. The van der Waals surface area contributed by atoms with Crippen LogP contribution in [-0.4, -0.2) is 170 Å². The van der Waals surface area contributed by atoms with Crippen LogP contribution in [0, 0.1) is 11.2 Å². The Hall–Kier alpha value is -9.60. The number of amides is 6. The normalized spacial score (nSPS) is 14.2. The number of benzene rings is 5. The molecule has 0 bridgehead atoms. The summed E-state index contributed by atoms with van der Waals surface area (Å²) in [5, 5.41) is 15.9. The van der Waals surface area contributed by atoms with Crippen LogP contribution in [0.4, 0.5) is 4.39 Å². The molecule has 486 valence electrons. The first-order valence-electron chi connectivity index (χ1n) is 30.2. The van der Waals surface area contributed by atoms with E-state index < -0.39 is 109 Å². The molecule has 22 heteroatoms. The molecule has 5 atom stereocenters. The largest absolute Gasteiger partial charge is 0.508 e. The van der Waals surface area contributed by atoms with Crippen molar-refractivity contribution in [1.29, 1.82) is 0 Å². The van der Waals surface area contributed by atoms with Gasteiger partial charge in [0.15, 0.2) is 18.1 Å². The summed E-state index contributed by atoms with van der Waals surface area (Å²) in [4.78, 5) is 130. The highest BCUT2D eigenvalue weighted by atomic mass is 19.1. The molecule has 5 aromatic carbocycles. The topological polar surface area (TPSA) is 257 Å². The fraction of sp³-hybridized carbons (Fsp3) is 0.406. The summed E-state index contributed by atoms with van der Waals surface area (Å²) in [5.41, 5.74) is 1.14. The van der Waals surface area contributed by atoms with E-state index in [0.29, 0.717) is 42.5 Å². The van der Waals surface area contributed by atoms with E-state index in [2.05, 4.69) is 17.2 Å². The van der Waals surface area contributed by atoms with Crippen molar-refractivity contribution in [2.75, 3.05) is 68.2 Å². The van der Waals surface area contributed by atoms with Gasteiger partial charge in [-0.25, -0.2) is 14.0 Å². The third-order valence-electron chi connectivity index (χ3n) is 15.7. The van der Waals surface area contributed by atoms with E-state index in [1.165, 1.54) is 82.3 Å². The van der Waals surface area contributed by atoms with Crippen molar-refractivity contribution in [3.8, 4) is 23.0 Å². The van der Waals surface area contributed by atoms with Crippen molar-refractivity contribution >= 4 is 53.2 Å². The highest BCUT2D eigenvalue weighted by Gasteiger charge is 2.43. The van der Waals surface area contributed by atoms with E-state index in [-0.39, 0.29) is 79.5 Å². The maximum Gasteiger partial charge on any atom is 0.330 e. The molecule has 0 radical (unpaired) electrons. The van der Waals surface area contributed by atoms with Gasteiger partial charge in [0.25, 0.3) is 11.8 Å². The number of esters is 2. The van der Waals surface area contributed by atoms with Crippen LogP contribution in [0.5, 0.6) is 23.0 Å². The van der Waals surface area contributed by atoms with E-state index in [1.54, 1.807) is 72.6 Å². The minimum atomic E-state index is -1.46. The predicted molar refractivity (Wildman–Crippen MR) is 336 cm³/mol. The Morgan fingerprint density at radius 3 is 1.98 bits per heavy atom. The van der Waals surface area contributed by atoms with Crippen LogP contribution in [0.25, 0.3) is 0 Å². The molecule has 3 N–H and O–H groups in total. The molecule has 91 heavy (non-hydrogen) atoms.